The molecule has 0 unspecified atom stereocenters. The third-order valence-corrected chi connectivity index (χ3v) is 7.59. The van der Waals surface area contributed by atoms with E-state index < -0.39 is 35.2 Å². The molecule has 3 atom stereocenters. The van der Waals surface area contributed by atoms with Crippen LogP contribution in [-0.4, -0.2) is 46.6 Å². The fourth-order valence-corrected chi connectivity index (χ4v) is 5.73. The van der Waals surface area contributed by atoms with Gasteiger partial charge in [0.25, 0.3) is 5.91 Å². The second-order valence-electron chi connectivity index (χ2n) is 8.53. The number of nitrogens with one attached hydrogen (secondary N) is 1. The molecule has 0 radical (unpaired) electrons. The van der Waals surface area contributed by atoms with Crippen molar-refractivity contribution in [2.24, 2.45) is 16.1 Å². The minimum absolute atomic E-state index is 0.0368. The molecule has 34 heavy (non-hydrogen) atoms. The molecule has 182 valence electrons. The van der Waals surface area contributed by atoms with Crippen LogP contribution in [-0.2, 0) is 10.3 Å². The number of halogens is 3. The number of amidine groups is 1. The quantitative estimate of drug-likeness (QED) is 0.625. The van der Waals surface area contributed by atoms with Gasteiger partial charge in [0.05, 0.1) is 24.0 Å². The van der Waals surface area contributed by atoms with Crippen LogP contribution in [0, 0.1) is 11.2 Å². The summed E-state index contributed by atoms with van der Waals surface area (Å²) >= 11 is 1.44. The van der Waals surface area contributed by atoms with Crippen molar-refractivity contribution in [1.82, 2.24) is 9.97 Å². The minimum atomic E-state index is -3.05. The molecule has 1 fully saturated rings. The number of methoxy groups -OCH3 is 1. The standard InChI is InChI=1S/C22H24F3N5O3S/c1-21-8-13(32-2)5-6-22(21,30-20(26)34-11-21)14-7-12(3-4-15(14)23)29-18(31)16-9-28-17(10-27-16)33-19(24)25/h3-4,7,9-10,13,19H,5-6,8,11H2,1-2H3,(H2,26,30)(H,29,31)/t13-,21+,22-/m1/s1. The zero-order chi connectivity index (χ0) is 24.5. The number of nitrogens with zero attached hydrogens (tertiary/aromatic N) is 3. The summed E-state index contributed by atoms with van der Waals surface area (Å²) in [4.78, 5) is 24.8. The van der Waals surface area contributed by atoms with Crippen LogP contribution in [0.4, 0.5) is 18.9 Å². The number of hydrogen-bond donors (Lipinski definition) is 2. The SMILES string of the molecule is CO[C@@H]1CC[C@]2(c3cc(NC(=O)c4cnc(OC(F)F)cn4)ccc3F)N=C(N)SC[C@]2(C)C1. The topological polar surface area (TPSA) is 112 Å². The van der Waals surface area contributed by atoms with Crippen LogP contribution in [0.5, 0.6) is 5.88 Å². The molecule has 0 bridgehead atoms. The van der Waals surface area contributed by atoms with Crippen molar-refractivity contribution in [1.29, 1.82) is 0 Å². The summed E-state index contributed by atoms with van der Waals surface area (Å²) < 4.78 is 49.5. The van der Waals surface area contributed by atoms with E-state index in [0.717, 1.165) is 12.4 Å². The van der Waals surface area contributed by atoms with Gasteiger partial charge < -0.3 is 20.5 Å². The molecule has 0 spiro atoms. The second-order valence-corrected chi connectivity index (χ2v) is 9.52. The molecule has 2 aromatic rings. The van der Waals surface area contributed by atoms with Gasteiger partial charge in [0, 0.05) is 29.5 Å². The van der Waals surface area contributed by atoms with Gasteiger partial charge in [-0.2, -0.15) is 8.78 Å². The van der Waals surface area contributed by atoms with E-state index in [1.807, 2.05) is 0 Å². The highest BCUT2D eigenvalue weighted by molar-refractivity contribution is 8.13. The highest BCUT2D eigenvalue weighted by Gasteiger charge is 2.56. The lowest BCUT2D eigenvalue weighted by Gasteiger charge is -2.53. The summed E-state index contributed by atoms with van der Waals surface area (Å²) in [7, 11) is 1.67. The Balaban J connectivity index is 1.64. The smallest absolute Gasteiger partial charge is 0.388 e. The first kappa shape index (κ1) is 24.3. The zero-order valence-corrected chi connectivity index (χ0v) is 19.4. The van der Waals surface area contributed by atoms with E-state index in [4.69, 9.17) is 15.5 Å². The second kappa shape index (κ2) is 9.41. The van der Waals surface area contributed by atoms with E-state index in [0.29, 0.717) is 41.4 Å². The number of hydrogen-bond acceptors (Lipinski definition) is 8. The summed E-state index contributed by atoms with van der Waals surface area (Å²) in [5.41, 5.74) is 5.32. The monoisotopic (exact) mass is 495 g/mol. The number of aromatic nitrogens is 2. The van der Waals surface area contributed by atoms with E-state index in [-0.39, 0.29) is 11.8 Å². The predicted octanol–water partition coefficient (Wildman–Crippen LogP) is 3.93. The highest BCUT2D eigenvalue weighted by Crippen LogP contribution is 2.58. The summed E-state index contributed by atoms with van der Waals surface area (Å²) in [5, 5.41) is 3.05. The van der Waals surface area contributed by atoms with Gasteiger partial charge in [-0.15, -0.1) is 0 Å². The first-order chi connectivity index (χ1) is 16.2. The Hall–Kier alpha value is -2.86. The molecular weight excluding hydrogens is 471 g/mol. The number of alkyl halides is 2. The number of rotatable bonds is 6. The van der Waals surface area contributed by atoms with E-state index in [9.17, 15) is 13.6 Å². The molecule has 1 aliphatic heterocycles. The Morgan fingerprint density at radius 1 is 1.32 bits per heavy atom. The van der Waals surface area contributed by atoms with Crippen molar-refractivity contribution in [2.75, 3.05) is 18.2 Å². The molecule has 12 heteroatoms. The zero-order valence-electron chi connectivity index (χ0n) is 18.6. The number of carbonyl (C=O) groups is 1. The summed E-state index contributed by atoms with van der Waals surface area (Å²) in [6, 6.07) is 4.27. The van der Waals surface area contributed by atoms with E-state index in [2.05, 4.69) is 26.9 Å². The predicted molar refractivity (Wildman–Crippen MR) is 122 cm³/mol. The molecule has 2 aliphatic rings. The molecule has 2 heterocycles. The number of aliphatic imine (C=N–C) groups is 1. The molecule has 0 saturated heterocycles. The fraction of sp³-hybridized carbons (Fsp3) is 0.455. The van der Waals surface area contributed by atoms with Gasteiger partial charge in [0.2, 0.25) is 5.88 Å². The maximum absolute atomic E-state index is 15.2. The summed E-state index contributed by atoms with van der Waals surface area (Å²) in [6.07, 6.45) is 3.89. The Bertz CT molecular complexity index is 1100. The summed E-state index contributed by atoms with van der Waals surface area (Å²) in [6.45, 7) is -0.991. The van der Waals surface area contributed by atoms with Crippen LogP contribution in [0.15, 0.2) is 35.6 Å². The lowest BCUT2D eigenvalue weighted by Crippen LogP contribution is -2.53. The average molecular weight is 496 g/mol. The van der Waals surface area contributed by atoms with Gasteiger partial charge in [-0.25, -0.2) is 14.4 Å². The Morgan fingerprint density at radius 2 is 2.12 bits per heavy atom. The number of amides is 1. The van der Waals surface area contributed by atoms with Crippen molar-refractivity contribution in [3.05, 3.63) is 47.7 Å². The number of anilines is 1. The molecule has 1 amide bonds. The Morgan fingerprint density at radius 3 is 2.79 bits per heavy atom. The van der Waals surface area contributed by atoms with Crippen LogP contribution < -0.4 is 15.8 Å². The third kappa shape index (κ3) is 4.56. The first-order valence-corrected chi connectivity index (χ1v) is 11.5. The lowest BCUT2D eigenvalue weighted by atomic mass is 9.59. The van der Waals surface area contributed by atoms with E-state index in [1.165, 1.54) is 23.9 Å². The first-order valence-electron chi connectivity index (χ1n) is 10.5. The molecule has 1 aromatic heterocycles. The molecule has 3 N–H and O–H groups in total. The van der Waals surface area contributed by atoms with Crippen LogP contribution in [0.1, 0.15) is 42.2 Å². The minimum Gasteiger partial charge on any atom is -0.415 e. The van der Waals surface area contributed by atoms with Crippen LogP contribution in [0.3, 0.4) is 0 Å². The Kier molecular flexibility index (Phi) is 6.72. The van der Waals surface area contributed by atoms with Crippen molar-refractivity contribution >= 4 is 28.5 Å². The third-order valence-electron chi connectivity index (χ3n) is 6.42. The maximum atomic E-state index is 15.2. The number of nitrogens with two attached hydrogens (primary N) is 1. The van der Waals surface area contributed by atoms with Crippen molar-refractivity contribution < 1.29 is 27.4 Å². The van der Waals surface area contributed by atoms with Gasteiger partial charge in [0.1, 0.15) is 11.5 Å². The van der Waals surface area contributed by atoms with Crippen molar-refractivity contribution in [2.45, 2.75) is 44.4 Å². The van der Waals surface area contributed by atoms with Gasteiger partial charge >= 0.3 is 6.61 Å². The molecule has 1 aromatic carbocycles. The van der Waals surface area contributed by atoms with Gasteiger partial charge in [-0.05, 0) is 37.5 Å². The fourth-order valence-electron chi connectivity index (χ4n) is 4.69. The molecule has 1 aliphatic carbocycles. The highest BCUT2D eigenvalue weighted by atomic mass is 32.2. The molecule has 1 saturated carbocycles. The van der Waals surface area contributed by atoms with Gasteiger partial charge in [0.15, 0.2) is 5.17 Å². The van der Waals surface area contributed by atoms with Crippen LogP contribution in [0.2, 0.25) is 0 Å². The van der Waals surface area contributed by atoms with Crippen LogP contribution >= 0.6 is 11.8 Å². The van der Waals surface area contributed by atoms with Crippen molar-refractivity contribution in [3.63, 3.8) is 0 Å². The van der Waals surface area contributed by atoms with Gasteiger partial charge in [-0.1, -0.05) is 18.7 Å². The average Bonchev–Trinajstić information content (AvgIpc) is 2.80. The molecule has 8 nitrogen and oxygen atoms in total. The van der Waals surface area contributed by atoms with Crippen LogP contribution in [0.25, 0.3) is 0 Å². The number of ether oxygens (including phenoxy) is 2. The number of fused-ring (bicyclic) bond motifs is 1. The van der Waals surface area contributed by atoms with E-state index in [1.54, 1.807) is 13.2 Å². The number of benzene rings is 1. The number of carbonyl (C=O) groups excluding carboxylic acids is 1. The Labute approximate surface area is 198 Å². The molecule has 4 rings (SSSR count). The molecular formula is C22H24F3N5O3S. The largest absolute Gasteiger partial charge is 0.415 e. The normalized spacial score (nSPS) is 26.5. The summed E-state index contributed by atoms with van der Waals surface area (Å²) in [5.74, 6) is -0.844. The number of thioether (sulfide) groups is 1. The van der Waals surface area contributed by atoms with E-state index >= 15 is 4.39 Å². The van der Waals surface area contributed by atoms with Crippen molar-refractivity contribution in [3.8, 4) is 5.88 Å². The lowest BCUT2D eigenvalue weighted by molar-refractivity contribution is -0.0531. The maximum Gasteiger partial charge on any atom is 0.388 e. The van der Waals surface area contributed by atoms with Gasteiger partial charge in [-0.3, -0.25) is 9.79 Å².